The minimum Gasteiger partial charge on any atom is -0.354 e. The second-order valence-corrected chi connectivity index (χ2v) is 7.38. The van der Waals surface area contributed by atoms with Crippen LogP contribution in [-0.2, 0) is 10.0 Å². The van der Waals surface area contributed by atoms with E-state index in [4.69, 9.17) is 5.26 Å². The number of nitrogens with zero attached hydrogens (tertiary/aromatic N) is 1. The molecule has 3 aromatic carbocycles. The highest BCUT2D eigenvalue weighted by Crippen LogP contribution is 2.23. The van der Waals surface area contributed by atoms with Crippen LogP contribution in [0.4, 0.5) is 17.1 Å². The van der Waals surface area contributed by atoms with Gasteiger partial charge in [-0.15, -0.1) is 0 Å². The van der Waals surface area contributed by atoms with E-state index in [1.54, 1.807) is 67.6 Å². The third-order valence-corrected chi connectivity index (χ3v) is 5.39. The molecule has 130 valence electrons. The van der Waals surface area contributed by atoms with Crippen molar-refractivity contribution in [1.82, 2.24) is 0 Å². The normalized spacial score (nSPS) is 10.8. The van der Waals surface area contributed by atoms with Crippen LogP contribution in [0.25, 0.3) is 0 Å². The molecule has 0 saturated heterocycles. The van der Waals surface area contributed by atoms with Gasteiger partial charge in [-0.1, -0.05) is 30.3 Å². The van der Waals surface area contributed by atoms with Crippen LogP contribution in [0.2, 0.25) is 0 Å². The third-order valence-electron chi connectivity index (χ3n) is 3.85. The van der Waals surface area contributed by atoms with E-state index < -0.39 is 10.0 Å². The summed E-state index contributed by atoms with van der Waals surface area (Å²) < 4.78 is 27.6. The van der Waals surface area contributed by atoms with E-state index in [2.05, 4.69) is 16.1 Å². The van der Waals surface area contributed by atoms with Gasteiger partial charge in [0, 0.05) is 11.4 Å². The molecule has 0 aliphatic rings. The monoisotopic (exact) mass is 363 g/mol. The van der Waals surface area contributed by atoms with Crippen LogP contribution < -0.4 is 10.0 Å². The predicted octanol–water partition coefficient (Wildman–Crippen LogP) is 4.41. The highest BCUT2D eigenvalue weighted by atomic mass is 32.2. The molecule has 5 nitrogen and oxygen atoms in total. The summed E-state index contributed by atoms with van der Waals surface area (Å²) in [7, 11) is -3.64. The molecule has 0 spiro atoms. The quantitative estimate of drug-likeness (QED) is 0.703. The zero-order valence-electron chi connectivity index (χ0n) is 14.1. The van der Waals surface area contributed by atoms with Crippen molar-refractivity contribution in [2.75, 3.05) is 10.0 Å². The van der Waals surface area contributed by atoms with Crippen molar-refractivity contribution in [1.29, 1.82) is 5.26 Å². The molecular formula is C20H17N3O2S. The SMILES string of the molecule is Cc1ccccc1S(=O)(=O)Nc1ccc(Nc2ccccc2C#N)cc1. The van der Waals surface area contributed by atoms with Crippen LogP contribution in [-0.4, -0.2) is 8.42 Å². The van der Waals surface area contributed by atoms with Gasteiger partial charge in [-0.05, 0) is 55.0 Å². The predicted molar refractivity (Wildman–Crippen MR) is 103 cm³/mol. The number of nitrogens with one attached hydrogen (secondary N) is 2. The van der Waals surface area contributed by atoms with E-state index in [1.165, 1.54) is 0 Å². The zero-order chi connectivity index (χ0) is 18.6. The Balaban J connectivity index is 1.78. The van der Waals surface area contributed by atoms with Crippen LogP contribution in [0.5, 0.6) is 0 Å². The molecule has 6 heteroatoms. The summed E-state index contributed by atoms with van der Waals surface area (Å²) in [5.41, 5.74) is 3.14. The van der Waals surface area contributed by atoms with Gasteiger partial charge in [0.15, 0.2) is 0 Å². The first-order valence-electron chi connectivity index (χ1n) is 7.94. The molecule has 26 heavy (non-hydrogen) atoms. The Hall–Kier alpha value is -3.30. The number of hydrogen-bond acceptors (Lipinski definition) is 4. The van der Waals surface area contributed by atoms with Crippen molar-refractivity contribution < 1.29 is 8.42 Å². The molecule has 0 aromatic heterocycles. The summed E-state index contributed by atoms with van der Waals surface area (Å²) in [5.74, 6) is 0. The lowest BCUT2D eigenvalue weighted by molar-refractivity contribution is 0.600. The van der Waals surface area contributed by atoms with Gasteiger partial charge in [0.05, 0.1) is 16.1 Å². The second kappa shape index (κ2) is 7.30. The molecular weight excluding hydrogens is 346 g/mol. The Bertz CT molecular complexity index is 1070. The van der Waals surface area contributed by atoms with Crippen molar-refractivity contribution in [3.8, 4) is 6.07 Å². The molecule has 0 amide bonds. The van der Waals surface area contributed by atoms with Crippen molar-refractivity contribution in [2.24, 2.45) is 0 Å². The van der Waals surface area contributed by atoms with Gasteiger partial charge >= 0.3 is 0 Å². The average molecular weight is 363 g/mol. The number of nitriles is 1. The Morgan fingerprint density at radius 3 is 2.15 bits per heavy atom. The van der Waals surface area contributed by atoms with Gasteiger partial charge in [-0.3, -0.25) is 4.72 Å². The van der Waals surface area contributed by atoms with Crippen LogP contribution in [0, 0.1) is 18.3 Å². The molecule has 0 aliphatic carbocycles. The smallest absolute Gasteiger partial charge is 0.262 e. The van der Waals surface area contributed by atoms with Gasteiger partial charge < -0.3 is 5.32 Å². The molecule has 0 aliphatic heterocycles. The molecule has 0 radical (unpaired) electrons. The number of sulfonamides is 1. The highest BCUT2D eigenvalue weighted by molar-refractivity contribution is 7.92. The molecule has 3 rings (SSSR count). The fraction of sp³-hybridized carbons (Fsp3) is 0.0500. The molecule has 0 atom stereocenters. The lowest BCUT2D eigenvalue weighted by Gasteiger charge is -2.12. The highest BCUT2D eigenvalue weighted by Gasteiger charge is 2.16. The summed E-state index contributed by atoms with van der Waals surface area (Å²) >= 11 is 0. The summed E-state index contributed by atoms with van der Waals surface area (Å²) in [5, 5.41) is 12.3. The van der Waals surface area contributed by atoms with Crippen molar-refractivity contribution in [3.05, 3.63) is 83.9 Å². The minimum atomic E-state index is -3.64. The van der Waals surface area contributed by atoms with E-state index in [9.17, 15) is 8.42 Å². The topological polar surface area (TPSA) is 82.0 Å². The largest absolute Gasteiger partial charge is 0.354 e. The maximum atomic E-state index is 12.5. The molecule has 0 bridgehead atoms. The number of para-hydroxylation sites is 1. The molecule has 0 fully saturated rings. The maximum absolute atomic E-state index is 12.5. The van der Waals surface area contributed by atoms with E-state index in [-0.39, 0.29) is 4.90 Å². The lowest BCUT2D eigenvalue weighted by Crippen LogP contribution is -2.14. The Morgan fingerprint density at radius 2 is 1.46 bits per heavy atom. The fourth-order valence-electron chi connectivity index (χ4n) is 2.53. The first-order chi connectivity index (χ1) is 12.5. The second-order valence-electron chi connectivity index (χ2n) is 5.73. The number of rotatable bonds is 5. The Morgan fingerprint density at radius 1 is 0.846 bits per heavy atom. The lowest BCUT2D eigenvalue weighted by atomic mass is 10.2. The third kappa shape index (κ3) is 3.85. The summed E-state index contributed by atoms with van der Waals surface area (Å²) in [4.78, 5) is 0.255. The van der Waals surface area contributed by atoms with Gasteiger partial charge in [-0.2, -0.15) is 5.26 Å². The van der Waals surface area contributed by atoms with Crippen LogP contribution in [0.1, 0.15) is 11.1 Å². The number of hydrogen-bond donors (Lipinski definition) is 2. The van der Waals surface area contributed by atoms with Gasteiger partial charge in [-0.25, -0.2) is 8.42 Å². The van der Waals surface area contributed by atoms with Crippen LogP contribution >= 0.6 is 0 Å². The molecule has 2 N–H and O–H groups in total. The molecule has 3 aromatic rings. The zero-order valence-corrected chi connectivity index (χ0v) is 14.9. The fourth-order valence-corrected chi connectivity index (χ4v) is 3.84. The summed E-state index contributed by atoms with van der Waals surface area (Å²) in [6, 6.07) is 23.0. The van der Waals surface area contributed by atoms with E-state index >= 15 is 0 Å². The van der Waals surface area contributed by atoms with E-state index in [0.717, 1.165) is 5.69 Å². The van der Waals surface area contributed by atoms with Gasteiger partial charge in [0.2, 0.25) is 0 Å². The summed E-state index contributed by atoms with van der Waals surface area (Å²) in [6.07, 6.45) is 0. The molecule has 0 saturated carbocycles. The first kappa shape index (κ1) is 17.5. The van der Waals surface area contributed by atoms with Crippen LogP contribution in [0.3, 0.4) is 0 Å². The van der Waals surface area contributed by atoms with E-state index in [0.29, 0.717) is 22.5 Å². The van der Waals surface area contributed by atoms with Crippen molar-refractivity contribution in [2.45, 2.75) is 11.8 Å². The number of aryl methyl sites for hydroxylation is 1. The molecule has 0 heterocycles. The molecule has 0 unspecified atom stereocenters. The Kier molecular flexibility index (Phi) is 4.92. The van der Waals surface area contributed by atoms with E-state index in [1.807, 2.05) is 12.1 Å². The average Bonchev–Trinajstić information content (AvgIpc) is 2.64. The Labute approximate surface area is 153 Å². The maximum Gasteiger partial charge on any atom is 0.262 e. The minimum absolute atomic E-state index is 0.255. The summed E-state index contributed by atoms with van der Waals surface area (Å²) in [6.45, 7) is 1.76. The van der Waals surface area contributed by atoms with Gasteiger partial charge in [0.1, 0.15) is 6.07 Å². The standard InChI is InChI=1S/C20H17N3O2S/c1-15-6-2-5-9-20(15)26(24,25)23-18-12-10-17(11-13-18)22-19-8-4-3-7-16(19)14-21/h2-13,22-23H,1H3. The number of benzene rings is 3. The first-order valence-corrected chi connectivity index (χ1v) is 9.42. The van der Waals surface area contributed by atoms with Crippen molar-refractivity contribution in [3.63, 3.8) is 0 Å². The van der Waals surface area contributed by atoms with Crippen molar-refractivity contribution >= 4 is 27.1 Å². The van der Waals surface area contributed by atoms with Crippen LogP contribution in [0.15, 0.2) is 77.7 Å². The number of anilines is 3. The van der Waals surface area contributed by atoms with Gasteiger partial charge in [0.25, 0.3) is 10.0 Å².